The third kappa shape index (κ3) is 2.17. The fourth-order valence-corrected chi connectivity index (χ4v) is 3.63. The molecule has 0 fully saturated rings. The van der Waals surface area contributed by atoms with Gasteiger partial charge in [0.2, 0.25) is 0 Å². The molecule has 21 heavy (non-hydrogen) atoms. The molecule has 102 valence electrons. The average molecular weight is 270 g/mol. The molecular weight excluding hydrogens is 252 g/mol. The molecule has 0 heteroatoms. The van der Waals surface area contributed by atoms with Crippen LogP contribution in [0.3, 0.4) is 0 Å². The fourth-order valence-electron chi connectivity index (χ4n) is 3.63. The standard InChI is InChI=1S/C21H18/c1-3-9-16(10-4-1)20-18-13-7-8-14-19(15-18)21(20)17-11-5-2-6-12-17/h1-14,18-19H,15H2/t18-,19+. The first-order valence-electron chi connectivity index (χ1n) is 7.63. The molecule has 0 amide bonds. The van der Waals surface area contributed by atoms with Crippen LogP contribution in [0.1, 0.15) is 17.5 Å². The second-order valence-electron chi connectivity index (χ2n) is 5.78. The van der Waals surface area contributed by atoms with Gasteiger partial charge in [0.25, 0.3) is 0 Å². The van der Waals surface area contributed by atoms with E-state index in [1.807, 2.05) is 0 Å². The second kappa shape index (κ2) is 5.21. The molecule has 2 aliphatic carbocycles. The van der Waals surface area contributed by atoms with Gasteiger partial charge in [0, 0.05) is 11.8 Å². The zero-order valence-corrected chi connectivity index (χ0v) is 11.9. The number of allylic oxidation sites excluding steroid dienone is 6. The Kier molecular flexibility index (Phi) is 3.08. The third-order valence-electron chi connectivity index (χ3n) is 4.51. The predicted molar refractivity (Wildman–Crippen MR) is 89.6 cm³/mol. The van der Waals surface area contributed by atoms with E-state index in [-0.39, 0.29) is 0 Å². The molecule has 0 aliphatic heterocycles. The lowest BCUT2D eigenvalue weighted by molar-refractivity contribution is 0.697. The van der Waals surface area contributed by atoms with Crippen LogP contribution in [0.15, 0.2) is 85.0 Å². The Morgan fingerprint density at radius 2 is 1.00 bits per heavy atom. The van der Waals surface area contributed by atoms with Crippen LogP contribution in [-0.2, 0) is 0 Å². The van der Waals surface area contributed by atoms with E-state index in [4.69, 9.17) is 0 Å². The molecule has 0 spiro atoms. The highest BCUT2D eigenvalue weighted by molar-refractivity contribution is 5.96. The summed E-state index contributed by atoms with van der Waals surface area (Å²) in [6.45, 7) is 0. The molecule has 0 unspecified atom stereocenters. The fraction of sp³-hybridized carbons (Fsp3) is 0.143. The summed E-state index contributed by atoms with van der Waals surface area (Å²) in [7, 11) is 0. The van der Waals surface area contributed by atoms with Gasteiger partial charge in [-0.25, -0.2) is 0 Å². The molecule has 0 saturated carbocycles. The number of hydrogen-bond donors (Lipinski definition) is 0. The Balaban J connectivity index is 1.95. The van der Waals surface area contributed by atoms with Crippen molar-refractivity contribution in [2.45, 2.75) is 6.42 Å². The van der Waals surface area contributed by atoms with Crippen LogP contribution in [-0.4, -0.2) is 0 Å². The molecule has 2 bridgehead atoms. The largest absolute Gasteiger partial charge is 0.0770 e. The summed E-state index contributed by atoms with van der Waals surface area (Å²) in [5.41, 5.74) is 5.74. The van der Waals surface area contributed by atoms with E-state index >= 15 is 0 Å². The molecular formula is C21H18. The van der Waals surface area contributed by atoms with E-state index in [2.05, 4.69) is 85.0 Å². The normalized spacial score (nSPS) is 23.4. The monoisotopic (exact) mass is 270 g/mol. The van der Waals surface area contributed by atoms with Crippen molar-refractivity contribution in [1.29, 1.82) is 0 Å². The molecule has 2 aromatic rings. The van der Waals surface area contributed by atoms with Crippen LogP contribution in [0.25, 0.3) is 11.1 Å². The summed E-state index contributed by atoms with van der Waals surface area (Å²) in [5.74, 6) is 1.06. The Hall–Kier alpha value is -2.34. The molecule has 2 aliphatic rings. The minimum Gasteiger partial charge on any atom is -0.0770 e. The van der Waals surface area contributed by atoms with Gasteiger partial charge in [0.15, 0.2) is 0 Å². The zero-order chi connectivity index (χ0) is 14.1. The highest BCUT2D eigenvalue weighted by Gasteiger charge is 2.32. The number of rotatable bonds is 2. The van der Waals surface area contributed by atoms with E-state index in [1.54, 1.807) is 0 Å². The quantitative estimate of drug-likeness (QED) is 0.689. The van der Waals surface area contributed by atoms with Crippen molar-refractivity contribution < 1.29 is 0 Å². The summed E-state index contributed by atoms with van der Waals surface area (Å²) >= 11 is 0. The first kappa shape index (κ1) is 12.4. The Morgan fingerprint density at radius 3 is 1.43 bits per heavy atom. The van der Waals surface area contributed by atoms with Gasteiger partial charge in [-0.05, 0) is 28.7 Å². The molecule has 0 N–H and O–H groups in total. The predicted octanol–water partition coefficient (Wildman–Crippen LogP) is 5.36. The van der Waals surface area contributed by atoms with Gasteiger partial charge in [-0.2, -0.15) is 0 Å². The summed E-state index contributed by atoms with van der Waals surface area (Å²) in [4.78, 5) is 0. The number of hydrogen-bond acceptors (Lipinski definition) is 0. The summed E-state index contributed by atoms with van der Waals surface area (Å²) < 4.78 is 0. The number of benzene rings is 2. The van der Waals surface area contributed by atoms with E-state index in [0.29, 0.717) is 11.8 Å². The Morgan fingerprint density at radius 1 is 0.571 bits per heavy atom. The van der Waals surface area contributed by atoms with Crippen molar-refractivity contribution in [2.24, 2.45) is 11.8 Å². The van der Waals surface area contributed by atoms with Crippen LogP contribution in [0.4, 0.5) is 0 Å². The van der Waals surface area contributed by atoms with Gasteiger partial charge in [-0.1, -0.05) is 85.0 Å². The maximum absolute atomic E-state index is 2.36. The minimum absolute atomic E-state index is 0.530. The van der Waals surface area contributed by atoms with Gasteiger partial charge in [0.1, 0.15) is 0 Å². The van der Waals surface area contributed by atoms with Crippen molar-refractivity contribution in [2.75, 3.05) is 0 Å². The summed E-state index contributed by atoms with van der Waals surface area (Å²) in [6.07, 6.45) is 10.3. The lowest BCUT2D eigenvalue weighted by atomic mass is 9.89. The zero-order valence-electron chi connectivity index (χ0n) is 11.9. The van der Waals surface area contributed by atoms with Crippen LogP contribution in [0.5, 0.6) is 0 Å². The highest BCUT2D eigenvalue weighted by Crippen LogP contribution is 2.49. The van der Waals surface area contributed by atoms with Gasteiger partial charge >= 0.3 is 0 Å². The maximum Gasteiger partial charge on any atom is 0.00390 e. The van der Waals surface area contributed by atoms with Crippen molar-refractivity contribution in [3.63, 3.8) is 0 Å². The van der Waals surface area contributed by atoms with E-state index in [1.165, 1.54) is 28.7 Å². The third-order valence-corrected chi connectivity index (χ3v) is 4.51. The van der Waals surface area contributed by atoms with Crippen LogP contribution < -0.4 is 0 Å². The van der Waals surface area contributed by atoms with Gasteiger partial charge in [0.05, 0.1) is 0 Å². The molecule has 2 aromatic carbocycles. The molecule has 0 nitrogen and oxygen atoms in total. The van der Waals surface area contributed by atoms with E-state index in [9.17, 15) is 0 Å². The van der Waals surface area contributed by atoms with Crippen LogP contribution in [0, 0.1) is 11.8 Å². The van der Waals surface area contributed by atoms with Crippen molar-refractivity contribution >= 4 is 11.1 Å². The summed E-state index contributed by atoms with van der Waals surface area (Å²) in [5, 5.41) is 0. The molecule has 4 rings (SSSR count). The van der Waals surface area contributed by atoms with Crippen molar-refractivity contribution in [3.8, 4) is 0 Å². The minimum atomic E-state index is 0.530. The first-order chi connectivity index (χ1) is 10.4. The van der Waals surface area contributed by atoms with Gasteiger partial charge in [-0.15, -0.1) is 0 Å². The van der Waals surface area contributed by atoms with Crippen LogP contribution in [0.2, 0.25) is 0 Å². The summed E-state index contributed by atoms with van der Waals surface area (Å²) in [6, 6.07) is 21.7. The maximum atomic E-state index is 2.36. The van der Waals surface area contributed by atoms with E-state index in [0.717, 1.165) is 0 Å². The first-order valence-corrected chi connectivity index (χ1v) is 7.63. The second-order valence-corrected chi connectivity index (χ2v) is 5.78. The van der Waals surface area contributed by atoms with Crippen molar-refractivity contribution in [1.82, 2.24) is 0 Å². The van der Waals surface area contributed by atoms with E-state index < -0.39 is 0 Å². The SMILES string of the molecule is C1=C[C@@H]2C[C@H](C=C1)C(c1ccccc1)=C2c1ccccc1. The van der Waals surface area contributed by atoms with Crippen LogP contribution >= 0.6 is 0 Å². The Labute approximate surface area is 126 Å². The lowest BCUT2D eigenvalue weighted by Crippen LogP contribution is -1.95. The highest BCUT2D eigenvalue weighted by atomic mass is 14.4. The Bertz CT molecular complexity index is 654. The molecule has 0 aromatic heterocycles. The lowest BCUT2D eigenvalue weighted by Gasteiger charge is -2.15. The molecule has 0 heterocycles. The molecule has 2 atom stereocenters. The van der Waals surface area contributed by atoms with Gasteiger partial charge in [-0.3, -0.25) is 0 Å². The molecule has 0 radical (unpaired) electrons. The molecule has 0 saturated heterocycles. The topological polar surface area (TPSA) is 0 Å². The average Bonchev–Trinajstić information content (AvgIpc) is 2.72. The smallest absolute Gasteiger partial charge is 0.00390 e. The van der Waals surface area contributed by atoms with Gasteiger partial charge < -0.3 is 0 Å². The number of fused-ring (bicyclic) bond motifs is 2. The van der Waals surface area contributed by atoms with Crippen molar-refractivity contribution in [3.05, 3.63) is 96.1 Å².